The van der Waals surface area contributed by atoms with E-state index in [0.717, 1.165) is 6.54 Å². The number of hydrogen-bond donors (Lipinski definition) is 1. The molecule has 2 nitrogen and oxygen atoms in total. The van der Waals surface area contributed by atoms with Gasteiger partial charge >= 0.3 is 0 Å². The highest BCUT2D eigenvalue weighted by Gasteiger charge is 2.34. The van der Waals surface area contributed by atoms with E-state index >= 15 is 0 Å². The fourth-order valence-electron chi connectivity index (χ4n) is 4.26. The molecule has 1 aliphatic carbocycles. The summed E-state index contributed by atoms with van der Waals surface area (Å²) in [5.74, 6) is 0. The van der Waals surface area contributed by atoms with Crippen LogP contribution < -0.4 is 10.2 Å². The molecule has 0 aromatic heterocycles. The molecule has 1 aromatic rings. The third kappa shape index (κ3) is 3.42. The number of anilines is 1. The molecular formula is C19H30N2. The fraction of sp³-hybridized carbons (Fsp3) is 0.684. The van der Waals surface area contributed by atoms with Crippen LogP contribution in [0.2, 0.25) is 0 Å². The second-order valence-electron chi connectivity index (χ2n) is 6.99. The number of benzene rings is 1. The van der Waals surface area contributed by atoms with Crippen LogP contribution in [0.3, 0.4) is 0 Å². The van der Waals surface area contributed by atoms with Crippen molar-refractivity contribution < 1.29 is 0 Å². The predicted octanol–water partition coefficient (Wildman–Crippen LogP) is 4.00. The molecule has 0 spiro atoms. The average molecular weight is 286 g/mol. The molecule has 1 heterocycles. The molecule has 21 heavy (non-hydrogen) atoms. The second kappa shape index (κ2) is 6.83. The Bertz CT molecular complexity index is 449. The minimum absolute atomic E-state index is 0.499. The van der Waals surface area contributed by atoms with Crippen LogP contribution >= 0.6 is 0 Å². The second-order valence-corrected chi connectivity index (χ2v) is 6.99. The maximum absolute atomic E-state index is 3.65. The van der Waals surface area contributed by atoms with Gasteiger partial charge in [0.1, 0.15) is 0 Å². The molecule has 1 fully saturated rings. The lowest BCUT2D eigenvalue weighted by molar-refractivity contribution is 0.187. The van der Waals surface area contributed by atoms with Crippen LogP contribution in [-0.2, 0) is 6.42 Å². The van der Waals surface area contributed by atoms with Crippen LogP contribution in [0.1, 0.15) is 51.0 Å². The summed E-state index contributed by atoms with van der Waals surface area (Å²) in [6.45, 7) is 7.01. The first-order chi connectivity index (χ1) is 10.3. The lowest BCUT2D eigenvalue weighted by Crippen LogP contribution is -2.46. The Kier molecular flexibility index (Phi) is 4.84. The van der Waals surface area contributed by atoms with E-state index in [2.05, 4.69) is 41.4 Å². The summed E-state index contributed by atoms with van der Waals surface area (Å²) in [6, 6.07) is 9.05. The van der Waals surface area contributed by atoms with Crippen molar-refractivity contribution in [2.45, 2.75) is 51.9 Å². The zero-order chi connectivity index (χ0) is 14.5. The monoisotopic (exact) mass is 286 g/mol. The minimum atomic E-state index is 0.499. The van der Waals surface area contributed by atoms with E-state index in [0.29, 0.717) is 5.41 Å². The van der Waals surface area contributed by atoms with E-state index in [-0.39, 0.29) is 0 Å². The number of hydrogen-bond acceptors (Lipinski definition) is 2. The summed E-state index contributed by atoms with van der Waals surface area (Å²) in [5.41, 5.74) is 3.56. The summed E-state index contributed by atoms with van der Waals surface area (Å²) in [6.07, 6.45) is 9.64. The molecule has 0 bridgehead atoms. The number of aryl methyl sites for hydroxylation is 1. The molecule has 1 aromatic carbocycles. The van der Waals surface area contributed by atoms with Gasteiger partial charge in [-0.15, -0.1) is 0 Å². The van der Waals surface area contributed by atoms with Crippen molar-refractivity contribution in [3.63, 3.8) is 0 Å². The number of nitrogens with zero attached hydrogens (tertiary/aromatic N) is 1. The van der Waals surface area contributed by atoms with Gasteiger partial charge in [-0.1, -0.05) is 44.4 Å². The van der Waals surface area contributed by atoms with Crippen LogP contribution in [0.5, 0.6) is 0 Å². The Hall–Kier alpha value is -1.02. The van der Waals surface area contributed by atoms with Gasteiger partial charge in [0.25, 0.3) is 0 Å². The molecule has 0 amide bonds. The standard InChI is InChI=1S/C19H30N2/c1-2-20-15-19(12-6-3-7-13-19)16-21-14-8-10-17-9-4-5-11-18(17)21/h4-5,9,11,20H,2-3,6-8,10,12-16H2,1H3. The van der Waals surface area contributed by atoms with Gasteiger partial charge in [-0.3, -0.25) is 0 Å². The van der Waals surface area contributed by atoms with Crippen molar-refractivity contribution in [3.8, 4) is 0 Å². The molecule has 0 atom stereocenters. The van der Waals surface area contributed by atoms with E-state index in [9.17, 15) is 0 Å². The van der Waals surface area contributed by atoms with Crippen LogP contribution in [0.15, 0.2) is 24.3 Å². The summed E-state index contributed by atoms with van der Waals surface area (Å²) in [5, 5.41) is 3.65. The van der Waals surface area contributed by atoms with E-state index in [4.69, 9.17) is 0 Å². The first kappa shape index (κ1) is 14.9. The molecule has 2 aliphatic rings. The van der Waals surface area contributed by atoms with Crippen LogP contribution in [-0.4, -0.2) is 26.2 Å². The third-order valence-electron chi connectivity index (χ3n) is 5.40. The van der Waals surface area contributed by atoms with Crippen LogP contribution in [0.4, 0.5) is 5.69 Å². The molecule has 1 N–H and O–H groups in total. The Morgan fingerprint density at radius 2 is 1.90 bits per heavy atom. The number of fused-ring (bicyclic) bond motifs is 1. The summed E-state index contributed by atoms with van der Waals surface area (Å²) in [4.78, 5) is 2.68. The maximum atomic E-state index is 3.65. The topological polar surface area (TPSA) is 15.3 Å². The van der Waals surface area contributed by atoms with E-state index in [1.165, 1.54) is 70.3 Å². The van der Waals surface area contributed by atoms with Gasteiger partial charge in [-0.25, -0.2) is 0 Å². The SMILES string of the molecule is CCNCC1(CN2CCCc3ccccc32)CCCCC1. The zero-order valence-electron chi connectivity index (χ0n) is 13.5. The normalized spacial score (nSPS) is 21.1. The number of para-hydroxylation sites is 1. The highest BCUT2D eigenvalue weighted by molar-refractivity contribution is 5.55. The van der Waals surface area contributed by atoms with Crippen molar-refractivity contribution >= 4 is 5.69 Å². The molecule has 1 aliphatic heterocycles. The minimum Gasteiger partial charge on any atom is -0.371 e. The Labute approximate surface area is 129 Å². The van der Waals surface area contributed by atoms with Gasteiger partial charge in [-0.05, 0) is 43.9 Å². The van der Waals surface area contributed by atoms with Gasteiger partial charge in [0.15, 0.2) is 0 Å². The zero-order valence-corrected chi connectivity index (χ0v) is 13.5. The molecule has 0 unspecified atom stereocenters. The molecule has 116 valence electrons. The van der Waals surface area contributed by atoms with Crippen LogP contribution in [0, 0.1) is 5.41 Å². The largest absolute Gasteiger partial charge is 0.371 e. The molecule has 0 radical (unpaired) electrons. The van der Waals surface area contributed by atoms with Gasteiger partial charge in [0.05, 0.1) is 0 Å². The van der Waals surface area contributed by atoms with Crippen LogP contribution in [0.25, 0.3) is 0 Å². The van der Waals surface area contributed by atoms with E-state index < -0.39 is 0 Å². The van der Waals surface area contributed by atoms with Gasteiger partial charge in [0, 0.05) is 30.7 Å². The first-order valence-electron chi connectivity index (χ1n) is 8.87. The van der Waals surface area contributed by atoms with E-state index in [1.54, 1.807) is 5.56 Å². The van der Waals surface area contributed by atoms with Crippen molar-refractivity contribution in [2.75, 3.05) is 31.1 Å². The third-order valence-corrected chi connectivity index (χ3v) is 5.40. The smallest absolute Gasteiger partial charge is 0.0398 e. The molecule has 0 saturated heterocycles. The van der Waals surface area contributed by atoms with Gasteiger partial charge in [-0.2, -0.15) is 0 Å². The maximum Gasteiger partial charge on any atom is 0.0398 e. The quantitative estimate of drug-likeness (QED) is 0.880. The lowest BCUT2D eigenvalue weighted by Gasteiger charge is -2.44. The van der Waals surface area contributed by atoms with Crippen molar-refractivity contribution in [1.82, 2.24) is 5.32 Å². The Morgan fingerprint density at radius 1 is 1.10 bits per heavy atom. The van der Waals surface area contributed by atoms with Gasteiger partial charge < -0.3 is 10.2 Å². The molecular weight excluding hydrogens is 256 g/mol. The Morgan fingerprint density at radius 3 is 2.71 bits per heavy atom. The average Bonchev–Trinajstić information content (AvgIpc) is 2.54. The van der Waals surface area contributed by atoms with Crippen molar-refractivity contribution in [2.24, 2.45) is 5.41 Å². The number of rotatable bonds is 5. The summed E-state index contributed by atoms with van der Waals surface area (Å²) in [7, 11) is 0. The fourth-order valence-corrected chi connectivity index (χ4v) is 4.26. The molecule has 2 heteroatoms. The lowest BCUT2D eigenvalue weighted by atomic mass is 9.73. The van der Waals surface area contributed by atoms with Gasteiger partial charge in [0.2, 0.25) is 0 Å². The van der Waals surface area contributed by atoms with Crippen molar-refractivity contribution in [1.29, 1.82) is 0 Å². The molecule has 3 rings (SSSR count). The summed E-state index contributed by atoms with van der Waals surface area (Å²) >= 11 is 0. The first-order valence-corrected chi connectivity index (χ1v) is 8.87. The highest BCUT2D eigenvalue weighted by atomic mass is 15.1. The Balaban J connectivity index is 1.76. The van der Waals surface area contributed by atoms with Crippen molar-refractivity contribution in [3.05, 3.63) is 29.8 Å². The molecule has 1 saturated carbocycles. The predicted molar refractivity (Wildman–Crippen MR) is 91.0 cm³/mol. The highest BCUT2D eigenvalue weighted by Crippen LogP contribution is 2.39. The number of nitrogens with one attached hydrogen (secondary N) is 1. The summed E-state index contributed by atoms with van der Waals surface area (Å²) < 4.78 is 0. The van der Waals surface area contributed by atoms with E-state index in [1.807, 2.05) is 0 Å².